The first kappa shape index (κ1) is 16.3. The zero-order chi connectivity index (χ0) is 17.1. The van der Waals surface area contributed by atoms with E-state index < -0.39 is 0 Å². The maximum absolute atomic E-state index is 12.6. The fourth-order valence-electron chi connectivity index (χ4n) is 3.84. The van der Waals surface area contributed by atoms with E-state index in [1.165, 1.54) is 6.26 Å². The van der Waals surface area contributed by atoms with Crippen molar-refractivity contribution in [3.63, 3.8) is 0 Å². The van der Waals surface area contributed by atoms with Gasteiger partial charge in [-0.2, -0.15) is 0 Å². The van der Waals surface area contributed by atoms with Gasteiger partial charge >= 0.3 is 0 Å². The summed E-state index contributed by atoms with van der Waals surface area (Å²) in [6.45, 7) is 2.37. The van der Waals surface area contributed by atoms with Crippen molar-refractivity contribution in [3.8, 4) is 0 Å². The summed E-state index contributed by atoms with van der Waals surface area (Å²) >= 11 is 0. The van der Waals surface area contributed by atoms with Gasteiger partial charge in [0.25, 0.3) is 5.91 Å². The van der Waals surface area contributed by atoms with Crippen LogP contribution in [0.2, 0.25) is 0 Å². The standard InChI is InChI=1S/C19H22N2O4/c22-19(17-4-2-9-24-17)21-8-10-25-18-15(5-6-16(18)21)13-23-12-14-3-1-7-20-11-14/h1-4,7,9,11,15-16,18H,5-6,8,10,12-13H2/t15-,16-,18-/m0/s1. The zero-order valence-corrected chi connectivity index (χ0v) is 14.0. The second kappa shape index (κ2) is 7.37. The fourth-order valence-corrected chi connectivity index (χ4v) is 3.84. The Morgan fingerprint density at radius 2 is 2.28 bits per heavy atom. The predicted molar refractivity (Wildman–Crippen MR) is 89.9 cm³/mol. The summed E-state index contributed by atoms with van der Waals surface area (Å²) in [5, 5.41) is 0. The normalized spacial score (nSPS) is 25.8. The Hall–Kier alpha value is -2.18. The van der Waals surface area contributed by atoms with Crippen LogP contribution in [0.25, 0.3) is 0 Å². The lowest BCUT2D eigenvalue weighted by Crippen LogP contribution is -2.53. The van der Waals surface area contributed by atoms with Crippen LogP contribution in [0, 0.1) is 5.92 Å². The van der Waals surface area contributed by atoms with E-state index in [1.54, 1.807) is 18.3 Å². The van der Waals surface area contributed by atoms with E-state index in [0.717, 1.165) is 18.4 Å². The van der Waals surface area contributed by atoms with Crippen molar-refractivity contribution >= 4 is 5.91 Å². The molecule has 0 aromatic carbocycles. The number of pyridine rings is 1. The van der Waals surface area contributed by atoms with Crippen LogP contribution in [0.4, 0.5) is 0 Å². The van der Waals surface area contributed by atoms with Crippen LogP contribution in [-0.2, 0) is 16.1 Å². The molecule has 1 saturated carbocycles. The van der Waals surface area contributed by atoms with Crippen LogP contribution in [0.15, 0.2) is 47.3 Å². The van der Waals surface area contributed by atoms with Gasteiger partial charge in [-0.3, -0.25) is 9.78 Å². The zero-order valence-electron chi connectivity index (χ0n) is 14.0. The summed E-state index contributed by atoms with van der Waals surface area (Å²) in [5.41, 5.74) is 1.07. The highest BCUT2D eigenvalue weighted by molar-refractivity contribution is 5.91. The van der Waals surface area contributed by atoms with Gasteiger partial charge in [0.2, 0.25) is 0 Å². The maximum Gasteiger partial charge on any atom is 0.289 e. The molecule has 0 radical (unpaired) electrons. The largest absolute Gasteiger partial charge is 0.459 e. The summed E-state index contributed by atoms with van der Waals surface area (Å²) in [6, 6.07) is 7.49. The van der Waals surface area contributed by atoms with Gasteiger partial charge in [0, 0.05) is 24.9 Å². The van der Waals surface area contributed by atoms with Crippen LogP contribution in [-0.4, -0.2) is 47.7 Å². The number of fused-ring (bicyclic) bond motifs is 1. The van der Waals surface area contributed by atoms with Gasteiger partial charge in [0.05, 0.1) is 38.2 Å². The summed E-state index contributed by atoms with van der Waals surface area (Å²) in [5.74, 6) is 0.672. The lowest BCUT2D eigenvalue weighted by Gasteiger charge is -2.38. The van der Waals surface area contributed by atoms with Crippen LogP contribution >= 0.6 is 0 Å². The van der Waals surface area contributed by atoms with Crippen molar-refractivity contribution in [1.82, 2.24) is 9.88 Å². The van der Waals surface area contributed by atoms with Gasteiger partial charge in [0.1, 0.15) is 0 Å². The van der Waals surface area contributed by atoms with Crippen LogP contribution < -0.4 is 0 Å². The lowest BCUT2D eigenvalue weighted by molar-refractivity contribution is -0.0770. The molecule has 0 spiro atoms. The average Bonchev–Trinajstić information content (AvgIpc) is 3.32. The van der Waals surface area contributed by atoms with Crippen molar-refractivity contribution < 1.29 is 18.7 Å². The Morgan fingerprint density at radius 3 is 3.08 bits per heavy atom. The predicted octanol–water partition coefficient (Wildman–Crippen LogP) is 2.51. The number of amides is 1. The van der Waals surface area contributed by atoms with E-state index in [-0.39, 0.29) is 18.1 Å². The van der Waals surface area contributed by atoms with Crippen molar-refractivity contribution in [1.29, 1.82) is 0 Å². The molecule has 132 valence electrons. The van der Waals surface area contributed by atoms with E-state index in [2.05, 4.69) is 4.98 Å². The highest BCUT2D eigenvalue weighted by Crippen LogP contribution is 2.35. The molecule has 1 aliphatic carbocycles. The molecular formula is C19H22N2O4. The number of carbonyl (C=O) groups is 1. The van der Waals surface area contributed by atoms with E-state index in [0.29, 0.717) is 38.0 Å². The van der Waals surface area contributed by atoms with Crippen molar-refractivity contribution in [2.75, 3.05) is 19.8 Å². The Kier molecular flexibility index (Phi) is 4.81. The fraction of sp³-hybridized carbons (Fsp3) is 0.474. The van der Waals surface area contributed by atoms with E-state index in [9.17, 15) is 4.79 Å². The molecule has 0 N–H and O–H groups in total. The third kappa shape index (κ3) is 3.45. The van der Waals surface area contributed by atoms with Crippen molar-refractivity contribution in [2.45, 2.75) is 31.6 Å². The average molecular weight is 342 g/mol. The molecule has 6 heteroatoms. The molecular weight excluding hydrogens is 320 g/mol. The van der Waals surface area contributed by atoms with Crippen LogP contribution in [0.3, 0.4) is 0 Å². The minimum Gasteiger partial charge on any atom is -0.459 e. The highest BCUT2D eigenvalue weighted by Gasteiger charge is 2.44. The highest BCUT2D eigenvalue weighted by atomic mass is 16.5. The molecule has 1 amide bonds. The summed E-state index contributed by atoms with van der Waals surface area (Å²) in [4.78, 5) is 18.7. The number of nitrogens with zero attached hydrogens (tertiary/aromatic N) is 2. The molecule has 0 unspecified atom stereocenters. The molecule has 4 rings (SSSR count). The number of ether oxygens (including phenoxy) is 2. The second-order valence-electron chi connectivity index (χ2n) is 6.59. The maximum atomic E-state index is 12.6. The van der Waals surface area contributed by atoms with Gasteiger partial charge in [-0.1, -0.05) is 6.07 Å². The molecule has 2 fully saturated rings. The minimum atomic E-state index is -0.0415. The summed E-state index contributed by atoms with van der Waals surface area (Å²) < 4.78 is 17.2. The molecule has 1 saturated heterocycles. The van der Waals surface area contributed by atoms with E-state index in [1.807, 2.05) is 23.2 Å². The smallest absolute Gasteiger partial charge is 0.289 e. The minimum absolute atomic E-state index is 0.0415. The Balaban J connectivity index is 1.35. The molecule has 2 aromatic rings. The molecule has 0 bridgehead atoms. The third-order valence-electron chi connectivity index (χ3n) is 5.04. The van der Waals surface area contributed by atoms with Crippen molar-refractivity contribution in [2.24, 2.45) is 5.92 Å². The molecule has 3 atom stereocenters. The molecule has 2 aromatic heterocycles. The lowest BCUT2D eigenvalue weighted by atomic mass is 10.0. The monoisotopic (exact) mass is 342 g/mol. The first-order chi connectivity index (χ1) is 12.3. The van der Waals surface area contributed by atoms with Gasteiger partial charge in [-0.25, -0.2) is 0 Å². The molecule has 6 nitrogen and oxygen atoms in total. The number of carbonyl (C=O) groups excluding carboxylic acids is 1. The Labute approximate surface area is 146 Å². The number of hydrogen-bond donors (Lipinski definition) is 0. The Morgan fingerprint density at radius 1 is 1.32 bits per heavy atom. The number of rotatable bonds is 5. The molecule has 3 heterocycles. The first-order valence-corrected chi connectivity index (χ1v) is 8.75. The molecule has 1 aliphatic heterocycles. The SMILES string of the molecule is O=C(c1ccco1)N1CCO[C@H]2[C@H](COCc3cccnc3)CC[C@@H]21. The van der Waals surface area contributed by atoms with Gasteiger partial charge in [-0.05, 0) is 36.6 Å². The summed E-state index contributed by atoms with van der Waals surface area (Å²) in [7, 11) is 0. The Bertz CT molecular complexity index is 689. The van der Waals surface area contributed by atoms with Crippen molar-refractivity contribution in [3.05, 3.63) is 54.2 Å². The van der Waals surface area contributed by atoms with Gasteiger partial charge in [-0.15, -0.1) is 0 Å². The van der Waals surface area contributed by atoms with Crippen LogP contribution in [0.5, 0.6) is 0 Å². The van der Waals surface area contributed by atoms with E-state index in [4.69, 9.17) is 13.9 Å². The van der Waals surface area contributed by atoms with Gasteiger partial charge in [0.15, 0.2) is 5.76 Å². The summed E-state index contributed by atoms with van der Waals surface area (Å²) in [6.07, 6.45) is 7.10. The third-order valence-corrected chi connectivity index (χ3v) is 5.04. The number of hydrogen-bond acceptors (Lipinski definition) is 5. The van der Waals surface area contributed by atoms with Crippen LogP contribution in [0.1, 0.15) is 29.0 Å². The second-order valence-corrected chi connectivity index (χ2v) is 6.59. The van der Waals surface area contributed by atoms with E-state index >= 15 is 0 Å². The quantitative estimate of drug-likeness (QED) is 0.835. The molecule has 2 aliphatic rings. The molecule has 25 heavy (non-hydrogen) atoms. The van der Waals surface area contributed by atoms with Gasteiger partial charge < -0.3 is 18.8 Å². The number of morpholine rings is 1. The topological polar surface area (TPSA) is 64.8 Å². The first-order valence-electron chi connectivity index (χ1n) is 8.75. The number of aromatic nitrogens is 1. The number of furan rings is 1.